The molecule has 0 fully saturated rings. The average molecular weight is 310 g/mol. The Morgan fingerprint density at radius 1 is 1.25 bits per heavy atom. The number of benzene rings is 1. The first-order chi connectivity index (χ1) is 8.91. The van der Waals surface area contributed by atoms with E-state index in [1.54, 1.807) is 20.8 Å². The standard InChI is InChI=1S/C13H15ClF3NO2/c1-12(2,3)10(11(19)20)18-9-5-7(13(15,16)17)4-8(14)6-9/h4-6,10,18H,1-3H3,(H,19,20)/t10-/m1/s1. The number of carboxylic acids is 1. The largest absolute Gasteiger partial charge is 0.480 e. The second-order valence-corrected chi connectivity index (χ2v) is 5.94. The van der Waals surface area contributed by atoms with E-state index in [1.165, 1.54) is 6.07 Å². The van der Waals surface area contributed by atoms with Crippen molar-refractivity contribution in [2.75, 3.05) is 5.32 Å². The molecule has 1 atom stereocenters. The molecule has 20 heavy (non-hydrogen) atoms. The normalized spacial score (nSPS) is 13.9. The SMILES string of the molecule is CC(C)(C)[C@H](Nc1cc(Cl)cc(C(F)(F)F)c1)C(=O)O. The van der Waals surface area contributed by atoms with Crippen LogP contribution in [0.15, 0.2) is 18.2 Å². The zero-order chi connectivity index (χ0) is 15.7. The Bertz CT molecular complexity index is 509. The summed E-state index contributed by atoms with van der Waals surface area (Å²) in [6, 6.07) is 1.85. The van der Waals surface area contributed by atoms with Crippen LogP contribution in [0.3, 0.4) is 0 Å². The Hall–Kier alpha value is -1.43. The summed E-state index contributed by atoms with van der Waals surface area (Å²) in [5, 5.41) is 11.6. The molecule has 7 heteroatoms. The van der Waals surface area contributed by atoms with Crippen molar-refractivity contribution < 1.29 is 23.1 Å². The van der Waals surface area contributed by atoms with Gasteiger partial charge in [0.05, 0.1) is 5.56 Å². The van der Waals surface area contributed by atoms with E-state index >= 15 is 0 Å². The van der Waals surface area contributed by atoms with E-state index in [1.807, 2.05) is 0 Å². The van der Waals surface area contributed by atoms with Gasteiger partial charge in [-0.25, -0.2) is 4.79 Å². The van der Waals surface area contributed by atoms with Gasteiger partial charge in [-0.3, -0.25) is 0 Å². The van der Waals surface area contributed by atoms with Gasteiger partial charge >= 0.3 is 12.1 Å². The maximum Gasteiger partial charge on any atom is 0.416 e. The van der Waals surface area contributed by atoms with Gasteiger partial charge in [-0.1, -0.05) is 32.4 Å². The third kappa shape index (κ3) is 4.30. The third-order valence-corrected chi connectivity index (χ3v) is 2.87. The Kier molecular flexibility index (Phi) is 4.59. The number of halogens is 4. The molecule has 1 aromatic carbocycles. The Morgan fingerprint density at radius 3 is 2.20 bits per heavy atom. The molecule has 1 aromatic rings. The summed E-state index contributed by atoms with van der Waals surface area (Å²) >= 11 is 5.65. The first-order valence-corrected chi connectivity index (χ1v) is 6.16. The molecule has 0 saturated carbocycles. The van der Waals surface area contributed by atoms with Gasteiger partial charge in [0.15, 0.2) is 0 Å². The molecule has 0 heterocycles. The van der Waals surface area contributed by atoms with Gasteiger partial charge in [0.25, 0.3) is 0 Å². The first-order valence-electron chi connectivity index (χ1n) is 5.78. The highest BCUT2D eigenvalue weighted by atomic mass is 35.5. The van der Waals surface area contributed by atoms with Gasteiger partial charge in [-0.05, 0) is 23.6 Å². The maximum atomic E-state index is 12.7. The van der Waals surface area contributed by atoms with E-state index in [-0.39, 0.29) is 10.7 Å². The summed E-state index contributed by atoms with van der Waals surface area (Å²) in [6.45, 7) is 5.02. The second-order valence-electron chi connectivity index (χ2n) is 5.51. The van der Waals surface area contributed by atoms with Crippen LogP contribution in [0.1, 0.15) is 26.3 Å². The van der Waals surface area contributed by atoms with E-state index in [0.717, 1.165) is 12.1 Å². The lowest BCUT2D eigenvalue weighted by Gasteiger charge is -2.29. The summed E-state index contributed by atoms with van der Waals surface area (Å²) in [6.07, 6.45) is -4.54. The summed E-state index contributed by atoms with van der Waals surface area (Å²) in [4.78, 5) is 11.2. The number of carboxylic acid groups (broad SMARTS) is 1. The van der Waals surface area contributed by atoms with Gasteiger partial charge in [0.1, 0.15) is 6.04 Å². The summed E-state index contributed by atoms with van der Waals surface area (Å²) in [5.41, 5.74) is -1.58. The number of nitrogens with one attached hydrogen (secondary N) is 1. The highest BCUT2D eigenvalue weighted by molar-refractivity contribution is 6.31. The van der Waals surface area contributed by atoms with Crippen molar-refractivity contribution in [1.82, 2.24) is 0 Å². The van der Waals surface area contributed by atoms with E-state index in [0.29, 0.717) is 0 Å². The molecule has 0 unspecified atom stereocenters. The van der Waals surface area contributed by atoms with Gasteiger partial charge in [0.2, 0.25) is 0 Å². The number of anilines is 1. The molecule has 0 bridgehead atoms. The number of alkyl halides is 3. The fraction of sp³-hybridized carbons (Fsp3) is 0.462. The van der Waals surface area contributed by atoms with Crippen molar-refractivity contribution in [3.63, 3.8) is 0 Å². The molecule has 0 aliphatic carbocycles. The maximum absolute atomic E-state index is 12.7. The molecule has 0 saturated heterocycles. The van der Waals surface area contributed by atoms with Crippen LogP contribution in [0.2, 0.25) is 5.02 Å². The van der Waals surface area contributed by atoms with E-state index in [9.17, 15) is 18.0 Å². The molecule has 0 aliphatic heterocycles. The van der Waals surface area contributed by atoms with Crippen LogP contribution >= 0.6 is 11.6 Å². The number of aliphatic carboxylic acids is 1. The minimum absolute atomic E-state index is 0.0205. The summed E-state index contributed by atoms with van der Waals surface area (Å²) in [7, 11) is 0. The molecule has 0 aromatic heterocycles. The summed E-state index contributed by atoms with van der Waals surface area (Å²) < 4.78 is 38.0. The van der Waals surface area contributed by atoms with E-state index in [2.05, 4.69) is 5.32 Å². The second kappa shape index (κ2) is 5.52. The third-order valence-electron chi connectivity index (χ3n) is 2.65. The highest BCUT2D eigenvalue weighted by Crippen LogP contribution is 2.34. The molecule has 0 amide bonds. The average Bonchev–Trinajstić information content (AvgIpc) is 2.21. The molecule has 0 radical (unpaired) electrons. The molecular formula is C13H15ClF3NO2. The number of hydrogen-bond acceptors (Lipinski definition) is 2. The number of carbonyl (C=O) groups is 1. The molecule has 0 aliphatic rings. The lowest BCUT2D eigenvalue weighted by molar-refractivity contribution is -0.140. The van der Waals surface area contributed by atoms with Crippen LogP contribution in [-0.2, 0) is 11.0 Å². The lowest BCUT2D eigenvalue weighted by Crippen LogP contribution is -2.41. The Morgan fingerprint density at radius 2 is 1.80 bits per heavy atom. The number of hydrogen-bond donors (Lipinski definition) is 2. The zero-order valence-corrected chi connectivity index (χ0v) is 11.9. The lowest BCUT2D eigenvalue weighted by atomic mass is 9.86. The van der Waals surface area contributed by atoms with Crippen LogP contribution in [0.5, 0.6) is 0 Å². The molecule has 2 N–H and O–H groups in total. The zero-order valence-electron chi connectivity index (χ0n) is 11.2. The van der Waals surface area contributed by atoms with Crippen molar-refractivity contribution in [2.24, 2.45) is 5.41 Å². The van der Waals surface area contributed by atoms with Gasteiger partial charge in [-0.15, -0.1) is 0 Å². The predicted molar refractivity (Wildman–Crippen MR) is 71.0 cm³/mol. The Balaban J connectivity index is 3.15. The fourth-order valence-corrected chi connectivity index (χ4v) is 1.89. The first kappa shape index (κ1) is 16.6. The topological polar surface area (TPSA) is 49.3 Å². The minimum Gasteiger partial charge on any atom is -0.480 e. The fourth-order valence-electron chi connectivity index (χ4n) is 1.65. The molecule has 112 valence electrons. The van der Waals surface area contributed by atoms with Crippen LogP contribution in [0.4, 0.5) is 18.9 Å². The minimum atomic E-state index is -4.54. The van der Waals surface area contributed by atoms with Crippen molar-refractivity contribution in [3.8, 4) is 0 Å². The smallest absolute Gasteiger partial charge is 0.416 e. The van der Waals surface area contributed by atoms with Crippen molar-refractivity contribution in [1.29, 1.82) is 0 Å². The summed E-state index contributed by atoms with van der Waals surface area (Å²) in [5.74, 6) is -1.15. The van der Waals surface area contributed by atoms with E-state index in [4.69, 9.17) is 16.7 Å². The van der Waals surface area contributed by atoms with Crippen LogP contribution < -0.4 is 5.32 Å². The van der Waals surface area contributed by atoms with Crippen LogP contribution in [-0.4, -0.2) is 17.1 Å². The molecule has 0 spiro atoms. The van der Waals surface area contributed by atoms with Crippen molar-refractivity contribution in [3.05, 3.63) is 28.8 Å². The number of rotatable bonds is 3. The quantitative estimate of drug-likeness (QED) is 0.876. The van der Waals surface area contributed by atoms with Crippen LogP contribution in [0.25, 0.3) is 0 Å². The van der Waals surface area contributed by atoms with Crippen LogP contribution in [0, 0.1) is 5.41 Å². The monoisotopic (exact) mass is 309 g/mol. The Labute approximate surface area is 119 Å². The van der Waals surface area contributed by atoms with Gasteiger partial charge in [-0.2, -0.15) is 13.2 Å². The predicted octanol–water partition coefficient (Wildman–Crippen LogP) is 4.27. The van der Waals surface area contributed by atoms with Crippen molar-refractivity contribution >= 4 is 23.3 Å². The van der Waals surface area contributed by atoms with E-state index < -0.39 is 29.2 Å². The molecule has 1 rings (SSSR count). The highest BCUT2D eigenvalue weighted by Gasteiger charge is 2.33. The molecule has 3 nitrogen and oxygen atoms in total. The van der Waals surface area contributed by atoms with Gasteiger partial charge in [0, 0.05) is 10.7 Å². The molecular weight excluding hydrogens is 295 g/mol. The van der Waals surface area contributed by atoms with Crippen molar-refractivity contribution in [2.45, 2.75) is 33.0 Å². The van der Waals surface area contributed by atoms with Gasteiger partial charge < -0.3 is 10.4 Å².